The van der Waals surface area contributed by atoms with Crippen LogP contribution in [0.4, 0.5) is 0 Å². The molecule has 8 heteroatoms. The number of Topliss-reactive ketones (excluding diaryl/α,β-unsaturated/α-hetero) is 1. The summed E-state index contributed by atoms with van der Waals surface area (Å²) in [4.78, 5) is 24.8. The van der Waals surface area contributed by atoms with Crippen molar-refractivity contribution in [3.63, 3.8) is 0 Å². The molecule has 2 aliphatic heterocycles. The molecule has 0 bridgehead atoms. The fourth-order valence-corrected chi connectivity index (χ4v) is 5.73. The summed E-state index contributed by atoms with van der Waals surface area (Å²) in [5.74, 6) is 1.08. The van der Waals surface area contributed by atoms with E-state index in [9.17, 15) is 10.1 Å². The number of carbonyl (C=O) groups excluding carboxylic acids is 1. The Morgan fingerprint density at radius 1 is 1.16 bits per heavy atom. The van der Waals surface area contributed by atoms with Crippen molar-refractivity contribution in [3.05, 3.63) is 70.9 Å². The van der Waals surface area contributed by atoms with Gasteiger partial charge in [-0.1, -0.05) is 26.0 Å². The first kappa shape index (κ1) is 26.2. The number of ether oxygens (including phenoxy) is 1. The number of rotatable bonds is 7. The van der Waals surface area contributed by atoms with Crippen LogP contribution in [0, 0.1) is 18.3 Å². The molecule has 2 saturated heterocycles. The minimum atomic E-state index is -0.586. The van der Waals surface area contributed by atoms with Gasteiger partial charge < -0.3 is 4.74 Å². The van der Waals surface area contributed by atoms with E-state index < -0.39 is 5.41 Å². The fourth-order valence-electron chi connectivity index (χ4n) is 5.73. The van der Waals surface area contributed by atoms with Crippen LogP contribution >= 0.6 is 0 Å². The number of nitriles is 1. The van der Waals surface area contributed by atoms with E-state index in [0.29, 0.717) is 23.3 Å². The average Bonchev–Trinajstić information content (AvgIpc) is 3.54. The van der Waals surface area contributed by atoms with Crippen LogP contribution in [-0.2, 0) is 16.6 Å². The number of nitrogens with zero attached hydrogens (tertiary/aromatic N) is 6. The van der Waals surface area contributed by atoms with Crippen molar-refractivity contribution in [2.45, 2.75) is 76.9 Å². The molecular weight excluding hydrogens is 476 g/mol. The summed E-state index contributed by atoms with van der Waals surface area (Å²) < 4.78 is 7.46. The summed E-state index contributed by atoms with van der Waals surface area (Å²) >= 11 is 0. The standard InChI is InChI=1S/C30H36N6O2/c1-20(2)24-6-8-29(33-17-24)36-21(3)25(18-34-36)27(37)15-23-5-7-28(32-16-23)30(19-31)10-12-35(13-11-30)26-9-14-38-22(26)4/h5-8,16-18,20,22,26H,9-15H2,1-4H3. The molecule has 2 atom stereocenters. The van der Waals surface area contributed by atoms with E-state index in [-0.39, 0.29) is 18.3 Å². The summed E-state index contributed by atoms with van der Waals surface area (Å²) in [6.45, 7) is 10.8. The Bertz CT molecular complexity index is 1310. The van der Waals surface area contributed by atoms with Gasteiger partial charge in [-0.2, -0.15) is 10.4 Å². The molecule has 2 unspecified atom stereocenters. The number of hydrogen-bond donors (Lipinski definition) is 0. The highest BCUT2D eigenvalue weighted by Crippen LogP contribution is 2.36. The fraction of sp³-hybridized carbons (Fsp3) is 0.500. The van der Waals surface area contributed by atoms with E-state index in [1.165, 1.54) is 0 Å². The van der Waals surface area contributed by atoms with Crippen molar-refractivity contribution < 1.29 is 9.53 Å². The number of hydrogen-bond acceptors (Lipinski definition) is 7. The van der Waals surface area contributed by atoms with E-state index in [4.69, 9.17) is 4.74 Å². The molecule has 5 rings (SSSR count). The van der Waals surface area contributed by atoms with Crippen LogP contribution in [0.5, 0.6) is 0 Å². The SMILES string of the molecule is Cc1c(C(=O)Cc2ccc(C3(C#N)CCN(C4CCOC4C)CC3)nc2)cnn1-c1ccc(C(C)C)cn1. The van der Waals surface area contributed by atoms with Crippen molar-refractivity contribution in [2.75, 3.05) is 19.7 Å². The lowest BCUT2D eigenvalue weighted by Crippen LogP contribution is -2.48. The molecule has 198 valence electrons. The number of piperidine rings is 1. The van der Waals surface area contributed by atoms with Gasteiger partial charge in [-0.15, -0.1) is 0 Å². The van der Waals surface area contributed by atoms with Crippen LogP contribution in [0.1, 0.15) is 78.8 Å². The number of pyridine rings is 2. The maximum atomic E-state index is 13.1. The smallest absolute Gasteiger partial charge is 0.170 e. The Morgan fingerprint density at radius 2 is 1.95 bits per heavy atom. The summed E-state index contributed by atoms with van der Waals surface area (Å²) in [7, 11) is 0. The van der Waals surface area contributed by atoms with Gasteiger partial charge in [0, 0.05) is 44.6 Å². The lowest BCUT2D eigenvalue weighted by atomic mass is 9.76. The Morgan fingerprint density at radius 3 is 2.53 bits per heavy atom. The summed E-state index contributed by atoms with van der Waals surface area (Å²) in [5, 5.41) is 14.6. The molecule has 2 aliphatic rings. The molecule has 0 saturated carbocycles. The second kappa shape index (κ2) is 10.8. The number of carbonyl (C=O) groups is 1. The average molecular weight is 513 g/mol. The Balaban J connectivity index is 1.25. The highest BCUT2D eigenvalue weighted by molar-refractivity contribution is 5.98. The van der Waals surface area contributed by atoms with Crippen molar-refractivity contribution in [2.24, 2.45) is 0 Å². The second-order valence-corrected chi connectivity index (χ2v) is 11.0. The number of likely N-dealkylation sites (tertiary alicyclic amines) is 1. The van der Waals surface area contributed by atoms with Crippen molar-refractivity contribution >= 4 is 5.78 Å². The summed E-state index contributed by atoms with van der Waals surface area (Å²) in [5.41, 5.74) is 3.54. The maximum Gasteiger partial charge on any atom is 0.170 e. The predicted octanol–water partition coefficient (Wildman–Crippen LogP) is 4.55. The van der Waals surface area contributed by atoms with E-state index in [0.717, 1.165) is 61.5 Å². The Kier molecular flexibility index (Phi) is 7.42. The van der Waals surface area contributed by atoms with Crippen molar-refractivity contribution in [3.8, 4) is 11.9 Å². The quantitative estimate of drug-likeness (QED) is 0.428. The zero-order valence-electron chi connectivity index (χ0n) is 22.7. The maximum absolute atomic E-state index is 13.1. The number of ketones is 1. The minimum Gasteiger partial charge on any atom is -0.377 e. The molecule has 3 aromatic heterocycles. The van der Waals surface area contributed by atoms with Gasteiger partial charge >= 0.3 is 0 Å². The normalized spacial score (nSPS) is 21.5. The van der Waals surface area contributed by atoms with E-state index in [2.05, 4.69) is 46.8 Å². The monoisotopic (exact) mass is 512 g/mol. The van der Waals surface area contributed by atoms with Gasteiger partial charge in [0.25, 0.3) is 0 Å². The first-order valence-electron chi connectivity index (χ1n) is 13.6. The summed E-state index contributed by atoms with van der Waals surface area (Å²) in [6.07, 6.45) is 8.26. The van der Waals surface area contributed by atoms with Crippen LogP contribution < -0.4 is 0 Å². The van der Waals surface area contributed by atoms with E-state index in [1.807, 2.05) is 37.4 Å². The topological polar surface area (TPSA) is 96.9 Å². The van der Waals surface area contributed by atoms with Gasteiger partial charge in [0.2, 0.25) is 0 Å². The Hall–Kier alpha value is -3.41. The highest BCUT2D eigenvalue weighted by atomic mass is 16.5. The molecule has 0 spiro atoms. The van der Waals surface area contributed by atoms with E-state index >= 15 is 0 Å². The molecule has 38 heavy (non-hydrogen) atoms. The van der Waals surface area contributed by atoms with Crippen LogP contribution in [-0.4, -0.2) is 62.3 Å². The lowest BCUT2D eigenvalue weighted by molar-refractivity contribution is 0.0570. The van der Waals surface area contributed by atoms with Gasteiger partial charge in [0.1, 0.15) is 5.41 Å². The molecule has 0 N–H and O–H groups in total. The molecular formula is C30H36N6O2. The zero-order valence-corrected chi connectivity index (χ0v) is 22.7. The third-order valence-electron chi connectivity index (χ3n) is 8.32. The minimum absolute atomic E-state index is 0.0155. The second-order valence-electron chi connectivity index (χ2n) is 11.0. The zero-order chi connectivity index (χ0) is 26.9. The van der Waals surface area contributed by atoms with Gasteiger partial charge in [0.15, 0.2) is 11.6 Å². The summed E-state index contributed by atoms with van der Waals surface area (Å²) in [6, 6.07) is 10.9. The van der Waals surface area contributed by atoms with Crippen LogP contribution in [0.15, 0.2) is 42.9 Å². The van der Waals surface area contributed by atoms with Crippen LogP contribution in [0.2, 0.25) is 0 Å². The van der Waals surface area contributed by atoms with Gasteiger partial charge in [-0.25, -0.2) is 9.67 Å². The van der Waals surface area contributed by atoms with Crippen LogP contribution in [0.3, 0.4) is 0 Å². The molecule has 3 aromatic rings. The third kappa shape index (κ3) is 5.01. The van der Waals surface area contributed by atoms with E-state index in [1.54, 1.807) is 17.1 Å². The molecule has 5 heterocycles. The van der Waals surface area contributed by atoms with Gasteiger partial charge in [-0.05, 0) is 62.3 Å². The first-order valence-corrected chi connectivity index (χ1v) is 13.6. The van der Waals surface area contributed by atoms with Gasteiger partial charge in [-0.3, -0.25) is 14.7 Å². The highest BCUT2D eigenvalue weighted by Gasteiger charge is 2.41. The molecule has 8 nitrogen and oxygen atoms in total. The molecule has 2 fully saturated rings. The molecule has 0 amide bonds. The largest absolute Gasteiger partial charge is 0.377 e. The van der Waals surface area contributed by atoms with Crippen molar-refractivity contribution in [1.82, 2.24) is 24.6 Å². The molecule has 0 aromatic carbocycles. The molecule has 0 radical (unpaired) electrons. The predicted molar refractivity (Wildman–Crippen MR) is 144 cm³/mol. The number of aromatic nitrogens is 4. The van der Waals surface area contributed by atoms with Gasteiger partial charge in [0.05, 0.1) is 35.3 Å². The van der Waals surface area contributed by atoms with Crippen molar-refractivity contribution in [1.29, 1.82) is 5.26 Å². The van der Waals surface area contributed by atoms with Crippen LogP contribution in [0.25, 0.3) is 5.82 Å². The third-order valence-corrected chi connectivity index (χ3v) is 8.32. The lowest BCUT2D eigenvalue weighted by Gasteiger charge is -2.40. The first-order chi connectivity index (χ1) is 18.3. The molecule has 0 aliphatic carbocycles. The Labute approximate surface area is 224 Å².